The summed E-state index contributed by atoms with van der Waals surface area (Å²) < 4.78 is 13.4. The SMILES string of the molecule is NC(=S)C1(C(=O)Nc2ccccc2F)CCC1. The summed E-state index contributed by atoms with van der Waals surface area (Å²) in [7, 11) is 0. The molecule has 1 saturated carbocycles. The fourth-order valence-electron chi connectivity index (χ4n) is 1.92. The van der Waals surface area contributed by atoms with Crippen molar-refractivity contribution in [1.29, 1.82) is 0 Å². The van der Waals surface area contributed by atoms with Gasteiger partial charge >= 0.3 is 0 Å². The summed E-state index contributed by atoms with van der Waals surface area (Å²) in [4.78, 5) is 12.3. The zero-order valence-electron chi connectivity index (χ0n) is 9.20. The third-order valence-corrected chi connectivity index (χ3v) is 3.63. The number of amides is 1. The zero-order chi connectivity index (χ0) is 12.5. The lowest BCUT2D eigenvalue weighted by molar-refractivity contribution is -0.125. The number of carbonyl (C=O) groups excluding carboxylic acids is 1. The van der Waals surface area contributed by atoms with E-state index in [4.69, 9.17) is 18.0 Å². The zero-order valence-corrected chi connectivity index (χ0v) is 10.0. The summed E-state index contributed by atoms with van der Waals surface area (Å²) in [5.41, 5.74) is 4.99. The van der Waals surface area contributed by atoms with Crippen LogP contribution in [0.4, 0.5) is 10.1 Å². The molecular weight excluding hydrogens is 239 g/mol. The lowest BCUT2D eigenvalue weighted by Gasteiger charge is -2.39. The van der Waals surface area contributed by atoms with E-state index in [1.807, 2.05) is 0 Å². The van der Waals surface area contributed by atoms with Crippen molar-refractivity contribution in [3.05, 3.63) is 30.1 Å². The number of nitrogens with one attached hydrogen (secondary N) is 1. The number of hydrogen-bond donors (Lipinski definition) is 2. The average molecular weight is 252 g/mol. The van der Waals surface area contributed by atoms with Gasteiger partial charge in [0.1, 0.15) is 5.82 Å². The quantitative estimate of drug-likeness (QED) is 0.811. The number of hydrogen-bond acceptors (Lipinski definition) is 2. The molecule has 1 fully saturated rings. The summed E-state index contributed by atoms with van der Waals surface area (Å²) >= 11 is 4.93. The van der Waals surface area contributed by atoms with Gasteiger partial charge in [0, 0.05) is 0 Å². The summed E-state index contributed by atoms with van der Waals surface area (Å²) in [5.74, 6) is -0.764. The standard InChI is InChI=1S/C12H13FN2OS/c13-8-4-1-2-5-9(8)15-11(16)12(10(14)17)6-3-7-12/h1-2,4-5H,3,6-7H2,(H2,14,17)(H,15,16). The van der Waals surface area contributed by atoms with Gasteiger partial charge < -0.3 is 11.1 Å². The van der Waals surface area contributed by atoms with Crippen LogP contribution in [0.2, 0.25) is 0 Å². The summed E-state index contributed by atoms with van der Waals surface area (Å²) in [5, 5.41) is 2.55. The van der Waals surface area contributed by atoms with Crippen molar-refractivity contribution in [2.75, 3.05) is 5.32 Å². The molecule has 5 heteroatoms. The molecule has 2 rings (SSSR count). The van der Waals surface area contributed by atoms with Gasteiger partial charge in [-0.05, 0) is 25.0 Å². The first kappa shape index (κ1) is 12.0. The van der Waals surface area contributed by atoms with Gasteiger partial charge in [0.25, 0.3) is 0 Å². The first-order valence-corrected chi connectivity index (χ1v) is 5.83. The molecule has 0 saturated heterocycles. The number of anilines is 1. The third-order valence-electron chi connectivity index (χ3n) is 3.24. The number of halogens is 1. The molecule has 0 spiro atoms. The van der Waals surface area contributed by atoms with Crippen molar-refractivity contribution in [3.8, 4) is 0 Å². The number of benzene rings is 1. The second-order valence-electron chi connectivity index (χ2n) is 4.23. The maximum absolute atomic E-state index is 13.4. The molecule has 0 atom stereocenters. The Bertz CT molecular complexity index is 471. The molecular formula is C12H13FN2OS. The number of para-hydroxylation sites is 1. The fourth-order valence-corrected chi connectivity index (χ4v) is 2.22. The fraction of sp³-hybridized carbons (Fsp3) is 0.333. The van der Waals surface area contributed by atoms with Gasteiger partial charge in [0.05, 0.1) is 16.1 Å². The molecule has 0 aromatic heterocycles. The van der Waals surface area contributed by atoms with E-state index >= 15 is 0 Å². The summed E-state index contributed by atoms with van der Waals surface area (Å²) in [6.07, 6.45) is 2.20. The van der Waals surface area contributed by atoms with Gasteiger partial charge in [-0.1, -0.05) is 30.8 Å². The highest BCUT2D eigenvalue weighted by Gasteiger charge is 2.47. The average Bonchev–Trinajstić information content (AvgIpc) is 2.19. The summed E-state index contributed by atoms with van der Waals surface area (Å²) in [6, 6.07) is 6.04. The minimum Gasteiger partial charge on any atom is -0.392 e. The van der Waals surface area contributed by atoms with E-state index in [1.165, 1.54) is 12.1 Å². The second-order valence-corrected chi connectivity index (χ2v) is 4.67. The molecule has 1 amide bonds. The van der Waals surface area contributed by atoms with Crippen molar-refractivity contribution in [3.63, 3.8) is 0 Å². The minimum absolute atomic E-state index is 0.167. The highest BCUT2D eigenvalue weighted by Crippen LogP contribution is 2.42. The van der Waals surface area contributed by atoms with Crippen LogP contribution in [0.3, 0.4) is 0 Å². The Hall–Kier alpha value is -1.49. The van der Waals surface area contributed by atoms with Crippen molar-refractivity contribution in [1.82, 2.24) is 0 Å². The van der Waals surface area contributed by atoms with Crippen molar-refractivity contribution >= 4 is 28.8 Å². The van der Waals surface area contributed by atoms with Crippen LogP contribution in [-0.4, -0.2) is 10.9 Å². The van der Waals surface area contributed by atoms with Crippen LogP contribution in [-0.2, 0) is 4.79 Å². The predicted molar refractivity (Wildman–Crippen MR) is 68.1 cm³/mol. The lowest BCUT2D eigenvalue weighted by atomic mass is 9.68. The highest BCUT2D eigenvalue weighted by atomic mass is 32.1. The topological polar surface area (TPSA) is 55.1 Å². The van der Waals surface area contributed by atoms with E-state index in [-0.39, 0.29) is 16.6 Å². The number of rotatable bonds is 3. The minimum atomic E-state index is -0.780. The molecule has 0 radical (unpaired) electrons. The molecule has 1 aliphatic carbocycles. The van der Waals surface area contributed by atoms with Gasteiger partial charge in [0.2, 0.25) is 5.91 Å². The van der Waals surface area contributed by atoms with Gasteiger partial charge in [-0.25, -0.2) is 4.39 Å². The van der Waals surface area contributed by atoms with Crippen LogP contribution >= 0.6 is 12.2 Å². The molecule has 0 bridgehead atoms. The predicted octanol–water partition coefficient (Wildman–Crippen LogP) is 2.22. The van der Waals surface area contributed by atoms with Gasteiger partial charge in [-0.3, -0.25) is 4.79 Å². The van der Waals surface area contributed by atoms with Crippen LogP contribution in [0.15, 0.2) is 24.3 Å². The molecule has 1 aliphatic rings. The molecule has 0 aliphatic heterocycles. The van der Waals surface area contributed by atoms with Crippen LogP contribution in [0.5, 0.6) is 0 Å². The first-order valence-electron chi connectivity index (χ1n) is 5.42. The van der Waals surface area contributed by atoms with E-state index in [2.05, 4.69) is 5.32 Å². The van der Waals surface area contributed by atoms with Gasteiger partial charge in [-0.2, -0.15) is 0 Å². The number of carbonyl (C=O) groups is 1. The Labute approximate surface area is 104 Å². The van der Waals surface area contributed by atoms with Crippen LogP contribution in [0.1, 0.15) is 19.3 Å². The molecule has 90 valence electrons. The first-order chi connectivity index (χ1) is 8.06. The molecule has 3 nitrogen and oxygen atoms in total. The molecule has 17 heavy (non-hydrogen) atoms. The summed E-state index contributed by atoms with van der Waals surface area (Å²) in [6.45, 7) is 0. The molecule has 0 unspecified atom stereocenters. The normalized spacial score (nSPS) is 17.0. The number of thiocarbonyl (C=S) groups is 1. The lowest BCUT2D eigenvalue weighted by Crippen LogP contribution is -2.50. The Morgan fingerprint density at radius 1 is 1.41 bits per heavy atom. The van der Waals surface area contributed by atoms with Crippen LogP contribution in [0, 0.1) is 11.2 Å². The van der Waals surface area contributed by atoms with Crippen LogP contribution in [0.25, 0.3) is 0 Å². The van der Waals surface area contributed by atoms with E-state index in [1.54, 1.807) is 12.1 Å². The molecule has 1 aromatic carbocycles. The molecule has 3 N–H and O–H groups in total. The Balaban J connectivity index is 2.17. The second kappa shape index (κ2) is 4.41. The third kappa shape index (κ3) is 2.02. The van der Waals surface area contributed by atoms with E-state index in [0.717, 1.165) is 6.42 Å². The Morgan fingerprint density at radius 2 is 2.06 bits per heavy atom. The smallest absolute Gasteiger partial charge is 0.237 e. The maximum atomic E-state index is 13.4. The Kier molecular flexibility index (Phi) is 3.11. The Morgan fingerprint density at radius 3 is 2.53 bits per heavy atom. The maximum Gasteiger partial charge on any atom is 0.237 e. The van der Waals surface area contributed by atoms with Crippen molar-refractivity contribution in [2.24, 2.45) is 11.1 Å². The van der Waals surface area contributed by atoms with Crippen molar-refractivity contribution < 1.29 is 9.18 Å². The van der Waals surface area contributed by atoms with Crippen molar-refractivity contribution in [2.45, 2.75) is 19.3 Å². The monoisotopic (exact) mass is 252 g/mol. The molecule has 0 heterocycles. The number of nitrogens with two attached hydrogens (primary N) is 1. The van der Waals surface area contributed by atoms with E-state index < -0.39 is 11.2 Å². The largest absolute Gasteiger partial charge is 0.392 e. The van der Waals surface area contributed by atoms with E-state index in [9.17, 15) is 9.18 Å². The van der Waals surface area contributed by atoms with Gasteiger partial charge in [0.15, 0.2) is 0 Å². The molecule has 1 aromatic rings. The van der Waals surface area contributed by atoms with Crippen LogP contribution < -0.4 is 11.1 Å². The van der Waals surface area contributed by atoms with E-state index in [0.29, 0.717) is 12.8 Å². The highest BCUT2D eigenvalue weighted by molar-refractivity contribution is 7.80. The van der Waals surface area contributed by atoms with Gasteiger partial charge in [-0.15, -0.1) is 0 Å².